The van der Waals surface area contributed by atoms with E-state index in [1.54, 1.807) is 0 Å². The number of fused-ring (bicyclic) bond motifs is 14. The van der Waals surface area contributed by atoms with Crippen molar-refractivity contribution >= 4 is 45.3 Å². The highest BCUT2D eigenvalue weighted by Crippen LogP contribution is 2.68. The third-order valence-corrected chi connectivity index (χ3v) is 19.5. The standard InChI is InChI=1S/C53H44N12S4/c1-5-25-17-54-37(45-41(25)58-21-62-45)13-29-9-33-49(66-29)50-34(10-30(67-50)14-38-46-42(59-22-63-46)26(6-2)18-55-38)53(33)35-11-31(15-39-47-43(60-23-64-47)27(7-3)19-56-39)68-51(35)52-36(53)12-32(69-52)16-40-48-44(61-24-65-48)28(8-4)20-57-40/h9-12,17-20H,5-8,13-16,21-24H2,1-4H3. The van der Waals surface area contributed by atoms with Gasteiger partial charge in [-0.25, -0.2) is 0 Å². The zero-order chi connectivity index (χ0) is 46.1. The van der Waals surface area contributed by atoms with Gasteiger partial charge >= 0.3 is 0 Å². The average molecular weight is 977 g/mol. The number of hydrogen-bond acceptors (Lipinski definition) is 16. The van der Waals surface area contributed by atoms with Crippen LogP contribution in [0.5, 0.6) is 0 Å². The van der Waals surface area contributed by atoms with E-state index < -0.39 is 5.41 Å². The fourth-order valence-electron chi connectivity index (χ4n) is 11.3. The van der Waals surface area contributed by atoms with Crippen molar-refractivity contribution in [3.63, 3.8) is 0 Å². The third-order valence-electron chi connectivity index (χ3n) is 14.6. The zero-order valence-electron chi connectivity index (χ0n) is 38.6. The van der Waals surface area contributed by atoms with Gasteiger partial charge in [-0.3, -0.25) is 59.9 Å². The van der Waals surface area contributed by atoms with Crippen LogP contribution in [0.2, 0.25) is 0 Å². The number of pyridine rings is 4. The molecule has 69 heavy (non-hydrogen) atoms. The van der Waals surface area contributed by atoms with Gasteiger partial charge in [0.15, 0.2) is 0 Å². The van der Waals surface area contributed by atoms with E-state index in [9.17, 15) is 0 Å². The second kappa shape index (κ2) is 15.9. The smallest absolute Gasteiger partial charge is 0.131 e. The maximum atomic E-state index is 5.05. The largest absolute Gasteiger partial charge is 0.259 e. The molecule has 1 spiro atoms. The summed E-state index contributed by atoms with van der Waals surface area (Å²) < 4.78 is 0. The van der Waals surface area contributed by atoms with Crippen LogP contribution < -0.4 is 42.9 Å². The molecule has 8 aromatic rings. The highest BCUT2D eigenvalue weighted by Gasteiger charge is 2.55. The van der Waals surface area contributed by atoms with Crippen molar-refractivity contribution < 1.29 is 0 Å². The van der Waals surface area contributed by atoms with E-state index in [0.717, 1.165) is 114 Å². The van der Waals surface area contributed by atoms with Gasteiger partial charge in [0.2, 0.25) is 0 Å². The lowest BCUT2D eigenvalue weighted by Crippen LogP contribution is -2.31. The number of hydrogen-bond donors (Lipinski definition) is 0. The number of aromatic nitrogens is 4. The van der Waals surface area contributed by atoms with Gasteiger partial charge in [-0.05, 0) is 94.5 Å². The van der Waals surface area contributed by atoms with Gasteiger partial charge in [0, 0.05) is 89.5 Å². The quantitative estimate of drug-likeness (QED) is 0.163. The maximum absolute atomic E-state index is 5.05. The number of rotatable bonds is 12. The summed E-state index contributed by atoms with van der Waals surface area (Å²) in [5.41, 5.74) is 13.5. The summed E-state index contributed by atoms with van der Waals surface area (Å²) in [6.45, 7) is 10.5. The first-order valence-corrected chi connectivity index (χ1v) is 27.2. The van der Waals surface area contributed by atoms with Gasteiger partial charge in [0.25, 0.3) is 0 Å². The van der Waals surface area contributed by atoms with Gasteiger partial charge in [-0.15, -0.1) is 45.3 Å². The minimum absolute atomic E-state index is 0.466. The maximum Gasteiger partial charge on any atom is 0.131 e. The van der Waals surface area contributed by atoms with E-state index in [0.29, 0.717) is 52.4 Å². The Balaban J connectivity index is 0.970. The van der Waals surface area contributed by atoms with Gasteiger partial charge in [0.1, 0.15) is 48.1 Å². The van der Waals surface area contributed by atoms with Gasteiger partial charge in [-0.1, -0.05) is 27.7 Å². The Bertz CT molecular complexity index is 3590. The first kappa shape index (κ1) is 41.7. The normalized spacial score (nSPS) is 15.4. The van der Waals surface area contributed by atoms with Crippen LogP contribution in [0.4, 0.5) is 0 Å². The second-order valence-corrected chi connectivity index (χ2v) is 22.8. The molecule has 0 unspecified atom stereocenters. The molecule has 4 aliphatic heterocycles. The van der Waals surface area contributed by atoms with Crippen LogP contribution in [-0.2, 0) is 56.8 Å². The molecule has 0 radical (unpaired) electrons. The van der Waals surface area contributed by atoms with Crippen LogP contribution in [-0.4, -0.2) is 46.6 Å². The molecular formula is C53H44N12S4. The molecule has 0 aromatic carbocycles. The van der Waals surface area contributed by atoms with E-state index in [-0.39, 0.29) is 0 Å². The van der Waals surface area contributed by atoms with E-state index in [4.69, 9.17) is 59.9 Å². The fourth-order valence-corrected chi connectivity index (χ4v) is 16.5. The van der Waals surface area contributed by atoms with Crippen molar-refractivity contribution in [3.05, 3.63) is 179 Å². The summed E-state index contributed by atoms with van der Waals surface area (Å²) in [6.07, 6.45) is 14.4. The summed E-state index contributed by atoms with van der Waals surface area (Å²) in [5, 5.41) is 7.87. The highest BCUT2D eigenvalue weighted by atomic mass is 32.1. The molecule has 8 aromatic heterocycles. The van der Waals surface area contributed by atoms with Crippen LogP contribution in [0.1, 0.15) is 114 Å². The molecule has 0 fully saturated rings. The van der Waals surface area contributed by atoms with Crippen LogP contribution in [0, 0.1) is 0 Å². The first-order valence-electron chi connectivity index (χ1n) is 23.9. The Hall–Kier alpha value is -6.20. The minimum Gasteiger partial charge on any atom is -0.259 e. The lowest BCUT2D eigenvalue weighted by molar-refractivity contribution is 0.796. The lowest BCUT2D eigenvalue weighted by atomic mass is 9.72. The van der Waals surface area contributed by atoms with E-state index >= 15 is 0 Å². The Morgan fingerprint density at radius 1 is 0.348 bits per heavy atom. The zero-order valence-corrected chi connectivity index (χ0v) is 41.9. The van der Waals surface area contributed by atoms with Crippen LogP contribution >= 0.6 is 45.3 Å². The number of thiophene rings is 4. The van der Waals surface area contributed by atoms with Crippen molar-refractivity contribution in [1.29, 1.82) is 0 Å². The summed E-state index contributed by atoms with van der Waals surface area (Å²) in [6, 6.07) is 10.0. The van der Waals surface area contributed by atoms with E-state index in [1.165, 1.54) is 61.3 Å². The number of aryl methyl sites for hydroxylation is 4. The molecule has 0 N–H and O–H groups in total. The molecule has 2 aliphatic carbocycles. The third kappa shape index (κ3) is 6.13. The molecule has 12 nitrogen and oxygen atoms in total. The Morgan fingerprint density at radius 2 is 0.580 bits per heavy atom. The van der Waals surface area contributed by atoms with Gasteiger partial charge in [0.05, 0.1) is 49.6 Å². The predicted molar refractivity (Wildman–Crippen MR) is 269 cm³/mol. The van der Waals surface area contributed by atoms with E-state index in [2.05, 4.69) is 52.0 Å². The summed E-state index contributed by atoms with van der Waals surface area (Å²) in [5.74, 6) is 0. The van der Waals surface area contributed by atoms with Crippen LogP contribution in [0.25, 0.3) is 19.5 Å². The highest BCUT2D eigenvalue weighted by molar-refractivity contribution is 7.24. The molecule has 0 saturated heterocycles. The van der Waals surface area contributed by atoms with Crippen LogP contribution in [0.3, 0.4) is 0 Å². The van der Waals surface area contributed by atoms with Crippen molar-refractivity contribution in [2.24, 2.45) is 39.9 Å². The van der Waals surface area contributed by atoms with Gasteiger partial charge in [-0.2, -0.15) is 0 Å². The molecule has 12 heterocycles. The minimum atomic E-state index is -0.535. The monoisotopic (exact) mass is 976 g/mol. The summed E-state index contributed by atoms with van der Waals surface area (Å²) in [7, 11) is 0. The topological polar surface area (TPSA) is 150 Å². The number of nitrogens with zero attached hydrogens (tertiary/aromatic N) is 12. The molecule has 0 bridgehead atoms. The Morgan fingerprint density at radius 3 is 0.812 bits per heavy atom. The van der Waals surface area contributed by atoms with Crippen LogP contribution in [0.15, 0.2) is 89.0 Å². The molecular weight excluding hydrogens is 933 g/mol. The van der Waals surface area contributed by atoms with Crippen molar-refractivity contribution in [2.45, 2.75) is 84.5 Å². The summed E-state index contributed by atoms with van der Waals surface area (Å²) in [4.78, 5) is 69.3. The average Bonchev–Trinajstić information content (AvgIpc) is 4.20. The SMILES string of the molecule is CCc1cnc(Cc2cc3c(s2)-c2sc(Cc4ncc(CC)c5c4=NCN=5)cc2C32c3cc(Cc4ncc(CC)c5c4=NCN=5)sc3-c3sc(Cc4ncc(CC)c5c4=NCN=5)cc32)c2c1=NCN=2. The van der Waals surface area contributed by atoms with E-state index in [1.807, 2.05) is 70.1 Å². The Kier molecular flexibility index (Phi) is 9.63. The predicted octanol–water partition coefficient (Wildman–Crippen LogP) is 5.31. The second-order valence-electron chi connectivity index (χ2n) is 18.2. The first-order chi connectivity index (χ1) is 33.9. The fraction of sp³-hybridized carbons (Fsp3) is 0.321. The molecule has 16 heteroatoms. The van der Waals surface area contributed by atoms with Crippen molar-refractivity contribution in [3.8, 4) is 19.5 Å². The molecule has 14 rings (SSSR count). The lowest BCUT2D eigenvalue weighted by Gasteiger charge is -2.27. The summed E-state index contributed by atoms with van der Waals surface area (Å²) >= 11 is 7.65. The Labute approximate surface area is 412 Å². The molecule has 0 amide bonds. The van der Waals surface area contributed by atoms with Crippen molar-refractivity contribution in [1.82, 2.24) is 19.9 Å². The molecule has 0 atom stereocenters. The molecule has 0 saturated carbocycles. The molecule has 340 valence electrons. The van der Waals surface area contributed by atoms with Crippen molar-refractivity contribution in [2.75, 3.05) is 26.7 Å². The molecule has 6 aliphatic rings. The van der Waals surface area contributed by atoms with Gasteiger partial charge < -0.3 is 0 Å².